The Morgan fingerprint density at radius 3 is 2.45 bits per heavy atom. The smallest absolute Gasteiger partial charge is 0.338 e. The Balaban J connectivity index is 2.18. The quantitative estimate of drug-likeness (QED) is 0.690. The average molecular weight is 297 g/mol. The summed E-state index contributed by atoms with van der Waals surface area (Å²) >= 11 is 0. The van der Waals surface area contributed by atoms with E-state index in [2.05, 4.69) is 15.0 Å². The van der Waals surface area contributed by atoms with E-state index in [1.807, 2.05) is 12.1 Å². The van der Waals surface area contributed by atoms with Gasteiger partial charge < -0.3 is 15.2 Å². The Morgan fingerprint density at radius 1 is 1.18 bits per heavy atom. The molecule has 0 radical (unpaired) electrons. The number of nitrogens with one attached hydrogen (secondary N) is 1. The molecule has 0 saturated heterocycles. The van der Waals surface area contributed by atoms with Crippen molar-refractivity contribution in [1.29, 1.82) is 0 Å². The third-order valence-electron chi connectivity index (χ3n) is 3.57. The molecule has 0 spiro atoms. The van der Waals surface area contributed by atoms with Crippen molar-refractivity contribution >= 4 is 17.0 Å². The van der Waals surface area contributed by atoms with Gasteiger partial charge in [-0.3, -0.25) is 0 Å². The van der Waals surface area contributed by atoms with E-state index in [1.165, 1.54) is 12.5 Å². The molecule has 0 unspecified atom stereocenters. The molecule has 0 bridgehead atoms. The second kappa shape index (κ2) is 4.92. The minimum Gasteiger partial charge on any atom is -0.478 e. The molecule has 0 atom stereocenters. The number of carboxylic acid groups (broad SMARTS) is 1. The van der Waals surface area contributed by atoms with Crippen LogP contribution in [0.5, 0.6) is 0 Å². The summed E-state index contributed by atoms with van der Waals surface area (Å²) in [4.78, 5) is 22.5. The monoisotopic (exact) mass is 297 g/mol. The molecule has 6 nitrogen and oxygen atoms in total. The first-order valence-electron chi connectivity index (χ1n) is 6.76. The molecule has 0 aliphatic heterocycles. The summed E-state index contributed by atoms with van der Waals surface area (Å²) in [6, 6.07) is 7.23. The van der Waals surface area contributed by atoms with Crippen LogP contribution in [0, 0.1) is 0 Å². The standard InChI is InChI=1S/C16H15N3O3/c1-16(2,22)10-5-3-9(4-6-10)13-12-11(15(20)21)7-17-14(12)19-8-18-13/h3-8,22H,1-2H3,(H,20,21)(H,17,18,19). The maximum atomic E-state index is 11.3. The van der Waals surface area contributed by atoms with Gasteiger partial charge in [0.2, 0.25) is 0 Å². The predicted octanol–water partition coefficient (Wildman–Crippen LogP) is 2.55. The van der Waals surface area contributed by atoms with Crippen LogP contribution in [0.1, 0.15) is 29.8 Å². The molecule has 6 heteroatoms. The highest BCUT2D eigenvalue weighted by Gasteiger charge is 2.19. The summed E-state index contributed by atoms with van der Waals surface area (Å²) < 4.78 is 0. The van der Waals surface area contributed by atoms with E-state index < -0.39 is 11.6 Å². The van der Waals surface area contributed by atoms with Gasteiger partial charge in [0.1, 0.15) is 12.0 Å². The number of aromatic amines is 1. The van der Waals surface area contributed by atoms with Gasteiger partial charge in [-0.2, -0.15) is 0 Å². The SMILES string of the molecule is CC(C)(O)c1ccc(-c2ncnc3[nH]cc(C(=O)O)c23)cc1. The number of carbonyl (C=O) groups is 1. The number of hydrogen-bond acceptors (Lipinski definition) is 4. The molecule has 22 heavy (non-hydrogen) atoms. The van der Waals surface area contributed by atoms with Gasteiger partial charge in [-0.1, -0.05) is 24.3 Å². The van der Waals surface area contributed by atoms with Gasteiger partial charge in [0, 0.05) is 11.8 Å². The van der Waals surface area contributed by atoms with E-state index in [0.717, 1.165) is 11.1 Å². The molecular weight excluding hydrogens is 282 g/mol. The van der Waals surface area contributed by atoms with Gasteiger partial charge >= 0.3 is 5.97 Å². The summed E-state index contributed by atoms with van der Waals surface area (Å²) in [5, 5.41) is 19.8. The zero-order valence-corrected chi connectivity index (χ0v) is 12.2. The van der Waals surface area contributed by atoms with Crippen LogP contribution in [0.4, 0.5) is 0 Å². The molecule has 0 aliphatic rings. The lowest BCUT2D eigenvalue weighted by atomic mass is 9.96. The number of benzene rings is 1. The number of aromatic carboxylic acids is 1. The molecule has 0 aliphatic carbocycles. The summed E-state index contributed by atoms with van der Waals surface area (Å²) in [7, 11) is 0. The van der Waals surface area contributed by atoms with Crippen LogP contribution in [-0.4, -0.2) is 31.1 Å². The lowest BCUT2D eigenvalue weighted by Crippen LogP contribution is -2.14. The summed E-state index contributed by atoms with van der Waals surface area (Å²) in [6.07, 6.45) is 2.81. The molecule has 2 heterocycles. The minimum atomic E-state index is -1.03. The van der Waals surface area contributed by atoms with Crippen LogP contribution in [-0.2, 0) is 5.60 Å². The van der Waals surface area contributed by atoms with Crippen molar-refractivity contribution in [2.45, 2.75) is 19.4 Å². The van der Waals surface area contributed by atoms with Crippen LogP contribution < -0.4 is 0 Å². The molecule has 3 rings (SSSR count). The third-order valence-corrected chi connectivity index (χ3v) is 3.57. The van der Waals surface area contributed by atoms with E-state index >= 15 is 0 Å². The van der Waals surface area contributed by atoms with Crippen molar-refractivity contribution in [2.24, 2.45) is 0 Å². The molecule has 0 saturated carbocycles. The topological polar surface area (TPSA) is 99.1 Å². The van der Waals surface area contributed by atoms with Crippen LogP contribution in [0.15, 0.2) is 36.8 Å². The highest BCUT2D eigenvalue weighted by molar-refractivity contribution is 6.07. The Hall–Kier alpha value is -2.73. The van der Waals surface area contributed by atoms with Crippen molar-refractivity contribution in [2.75, 3.05) is 0 Å². The molecule has 112 valence electrons. The van der Waals surface area contributed by atoms with Gasteiger partial charge in [-0.15, -0.1) is 0 Å². The van der Waals surface area contributed by atoms with Crippen LogP contribution >= 0.6 is 0 Å². The fraction of sp³-hybridized carbons (Fsp3) is 0.188. The first kappa shape index (κ1) is 14.2. The maximum absolute atomic E-state index is 11.3. The number of nitrogens with zero attached hydrogens (tertiary/aromatic N) is 2. The van der Waals surface area contributed by atoms with Gasteiger partial charge in [-0.05, 0) is 19.4 Å². The van der Waals surface area contributed by atoms with E-state index in [4.69, 9.17) is 0 Å². The van der Waals surface area contributed by atoms with Crippen LogP contribution in [0.2, 0.25) is 0 Å². The van der Waals surface area contributed by atoms with Crippen LogP contribution in [0.25, 0.3) is 22.3 Å². The third kappa shape index (κ3) is 2.33. The Kier molecular flexibility index (Phi) is 3.18. The number of hydrogen-bond donors (Lipinski definition) is 3. The number of H-pyrrole nitrogens is 1. The number of aromatic nitrogens is 3. The molecule has 2 aromatic heterocycles. The van der Waals surface area contributed by atoms with E-state index in [1.54, 1.807) is 26.0 Å². The van der Waals surface area contributed by atoms with E-state index in [0.29, 0.717) is 16.7 Å². The zero-order valence-electron chi connectivity index (χ0n) is 12.2. The Morgan fingerprint density at radius 2 is 1.86 bits per heavy atom. The van der Waals surface area contributed by atoms with Crippen molar-refractivity contribution < 1.29 is 15.0 Å². The van der Waals surface area contributed by atoms with Gasteiger partial charge in [0.15, 0.2) is 0 Å². The lowest BCUT2D eigenvalue weighted by Gasteiger charge is -2.17. The average Bonchev–Trinajstić information content (AvgIpc) is 2.90. The van der Waals surface area contributed by atoms with Gasteiger partial charge in [-0.25, -0.2) is 14.8 Å². The molecule has 3 aromatic rings. The molecule has 0 amide bonds. The highest BCUT2D eigenvalue weighted by atomic mass is 16.4. The van der Waals surface area contributed by atoms with E-state index in [-0.39, 0.29) is 5.56 Å². The van der Waals surface area contributed by atoms with Crippen molar-refractivity contribution in [3.63, 3.8) is 0 Å². The Labute approximate surface area is 126 Å². The first-order chi connectivity index (χ1) is 10.4. The van der Waals surface area contributed by atoms with Gasteiger partial charge in [0.05, 0.1) is 22.2 Å². The maximum Gasteiger partial charge on any atom is 0.338 e. The van der Waals surface area contributed by atoms with Crippen molar-refractivity contribution in [1.82, 2.24) is 15.0 Å². The predicted molar refractivity (Wildman–Crippen MR) is 81.5 cm³/mol. The van der Waals surface area contributed by atoms with Crippen molar-refractivity contribution in [3.8, 4) is 11.3 Å². The highest BCUT2D eigenvalue weighted by Crippen LogP contribution is 2.29. The number of rotatable bonds is 3. The molecule has 0 fully saturated rings. The number of carboxylic acids is 1. The largest absolute Gasteiger partial charge is 0.478 e. The second-order valence-electron chi connectivity index (χ2n) is 5.59. The summed E-state index contributed by atoms with van der Waals surface area (Å²) in [5.41, 5.74) is 1.77. The van der Waals surface area contributed by atoms with Crippen LogP contribution in [0.3, 0.4) is 0 Å². The summed E-state index contributed by atoms with van der Waals surface area (Å²) in [6.45, 7) is 3.42. The summed E-state index contributed by atoms with van der Waals surface area (Å²) in [5.74, 6) is -1.03. The zero-order chi connectivity index (χ0) is 15.9. The van der Waals surface area contributed by atoms with E-state index in [9.17, 15) is 15.0 Å². The fourth-order valence-corrected chi connectivity index (χ4v) is 2.39. The fourth-order valence-electron chi connectivity index (χ4n) is 2.39. The normalized spacial score (nSPS) is 11.8. The molecule has 1 aromatic carbocycles. The molecular formula is C16H15N3O3. The minimum absolute atomic E-state index is 0.136. The molecule has 3 N–H and O–H groups in total. The van der Waals surface area contributed by atoms with Gasteiger partial charge in [0.25, 0.3) is 0 Å². The van der Waals surface area contributed by atoms with Crippen molar-refractivity contribution in [3.05, 3.63) is 47.9 Å². The first-order valence-corrected chi connectivity index (χ1v) is 6.76. The number of aliphatic hydroxyl groups is 1. The number of fused-ring (bicyclic) bond motifs is 1. The Bertz CT molecular complexity index is 845. The second-order valence-corrected chi connectivity index (χ2v) is 5.59. The lowest BCUT2D eigenvalue weighted by molar-refractivity contribution is 0.0698.